The van der Waals surface area contributed by atoms with Gasteiger partial charge in [0.2, 0.25) is 0 Å². The van der Waals surface area contributed by atoms with E-state index in [0.29, 0.717) is 11.6 Å². The van der Waals surface area contributed by atoms with E-state index in [0.717, 1.165) is 78.0 Å². The summed E-state index contributed by atoms with van der Waals surface area (Å²) >= 11 is 0. The molecule has 0 radical (unpaired) electrons. The van der Waals surface area contributed by atoms with Crippen molar-refractivity contribution >= 4 is 11.6 Å². The monoisotopic (exact) mass is 705 g/mol. The molecule has 0 amide bonds. The number of rotatable bonds is 14. The van der Waals surface area contributed by atoms with Gasteiger partial charge in [0.05, 0.1) is 0 Å². The normalized spacial score (nSPS) is 14.6. The minimum atomic E-state index is 0.442. The number of carbonyl (C=O) groups excluding carboxylic acids is 2. The molecule has 6 rings (SSSR count). The molecule has 2 fully saturated rings. The first-order valence-electron chi connectivity index (χ1n) is 19.6. The van der Waals surface area contributed by atoms with E-state index >= 15 is 0 Å². The zero-order chi connectivity index (χ0) is 36.9. The van der Waals surface area contributed by atoms with Crippen molar-refractivity contribution in [2.24, 2.45) is 0 Å². The minimum absolute atomic E-state index is 0.442. The molecule has 280 valence electrons. The fourth-order valence-corrected chi connectivity index (χ4v) is 5.90. The van der Waals surface area contributed by atoms with Crippen LogP contribution in [0.5, 0.6) is 0 Å². The second-order valence-electron chi connectivity index (χ2n) is 13.6. The predicted molar refractivity (Wildman–Crippen MR) is 218 cm³/mol. The molecule has 4 aromatic carbocycles. The van der Waals surface area contributed by atoms with Crippen molar-refractivity contribution < 1.29 is 9.59 Å². The number of hydrogen-bond acceptors (Lipinski definition) is 6. The van der Waals surface area contributed by atoms with Crippen molar-refractivity contribution in [3.05, 3.63) is 144 Å². The molecule has 0 unspecified atom stereocenters. The highest BCUT2D eigenvalue weighted by Gasteiger charge is 2.15. The van der Waals surface area contributed by atoms with Gasteiger partial charge in [0.25, 0.3) is 0 Å². The average molecular weight is 705 g/mol. The number of carbonyl (C=O) groups is 2. The lowest BCUT2D eigenvalue weighted by molar-refractivity contribution is -0.122. The zero-order valence-electron chi connectivity index (χ0n) is 32.0. The van der Waals surface area contributed by atoms with Gasteiger partial charge in [-0.3, -0.25) is 9.59 Å². The number of hydrogen-bond donors (Lipinski definition) is 2. The Morgan fingerprint density at radius 2 is 0.673 bits per heavy atom. The summed E-state index contributed by atoms with van der Waals surface area (Å²) in [7, 11) is 0. The third-order valence-electron chi connectivity index (χ3n) is 9.17. The molecule has 0 spiro atoms. The summed E-state index contributed by atoms with van der Waals surface area (Å²) in [6.07, 6.45) is 8.18. The maximum Gasteiger partial charge on any atom is 0.135 e. The number of unbranched alkanes of at least 4 members (excludes halogenated alkanes) is 2. The Morgan fingerprint density at radius 3 is 0.904 bits per heavy atom. The smallest absolute Gasteiger partial charge is 0.135 e. The molecule has 6 nitrogen and oxygen atoms in total. The molecular formula is C46H64N4O2. The zero-order valence-corrected chi connectivity index (χ0v) is 32.0. The number of Topliss-reactive ketones (excluding diaryl/α,β-unsaturated/α-hetero) is 2. The first-order chi connectivity index (χ1) is 25.6. The largest absolute Gasteiger partial charge is 0.309 e. The van der Waals surface area contributed by atoms with Gasteiger partial charge in [-0.25, -0.2) is 0 Å². The van der Waals surface area contributed by atoms with E-state index in [9.17, 15) is 9.59 Å². The molecule has 4 aromatic rings. The maximum atomic E-state index is 10.9. The van der Waals surface area contributed by atoms with Crippen molar-refractivity contribution in [2.75, 3.05) is 39.3 Å². The molecule has 2 saturated heterocycles. The van der Waals surface area contributed by atoms with Crippen molar-refractivity contribution in [3.8, 4) is 0 Å². The second-order valence-corrected chi connectivity index (χ2v) is 13.6. The Bertz CT molecular complexity index is 1240. The maximum absolute atomic E-state index is 10.9. The van der Waals surface area contributed by atoms with Crippen LogP contribution in [0.4, 0.5) is 0 Å². The van der Waals surface area contributed by atoms with Gasteiger partial charge in [-0.1, -0.05) is 148 Å². The van der Waals surface area contributed by atoms with E-state index in [1.807, 2.05) is 24.3 Å². The van der Waals surface area contributed by atoms with Crippen LogP contribution in [0.1, 0.15) is 87.5 Å². The molecule has 0 bridgehead atoms. The fraction of sp³-hybridized carbons (Fsp3) is 0.435. The number of piperidine rings is 2. The molecule has 0 aliphatic carbocycles. The summed E-state index contributed by atoms with van der Waals surface area (Å²) in [5.41, 5.74) is 5.31. The topological polar surface area (TPSA) is 64.7 Å². The van der Waals surface area contributed by atoms with Crippen LogP contribution in [0, 0.1) is 0 Å². The molecule has 0 aromatic heterocycles. The molecule has 0 saturated carbocycles. The molecule has 0 atom stereocenters. The van der Waals surface area contributed by atoms with Gasteiger partial charge in [0, 0.05) is 78.0 Å². The highest BCUT2D eigenvalue weighted by molar-refractivity contribution is 5.79. The van der Waals surface area contributed by atoms with Gasteiger partial charge >= 0.3 is 0 Å². The van der Waals surface area contributed by atoms with Crippen LogP contribution in [0.3, 0.4) is 0 Å². The lowest BCUT2D eigenvalue weighted by Crippen LogP contribution is -2.34. The first kappa shape index (κ1) is 42.5. The molecule has 6 heteroatoms. The number of likely N-dealkylation sites (tertiary alicyclic amines) is 2. The predicted octanol–water partition coefficient (Wildman–Crippen LogP) is 8.86. The van der Waals surface area contributed by atoms with Crippen molar-refractivity contribution in [3.63, 3.8) is 0 Å². The first-order valence-corrected chi connectivity index (χ1v) is 19.6. The quantitative estimate of drug-likeness (QED) is 0.137. The Morgan fingerprint density at radius 1 is 0.423 bits per heavy atom. The van der Waals surface area contributed by atoms with Crippen molar-refractivity contribution in [2.45, 2.75) is 91.4 Å². The number of nitrogens with zero attached hydrogens (tertiary/aromatic N) is 2. The van der Waals surface area contributed by atoms with Crippen LogP contribution < -0.4 is 10.6 Å². The summed E-state index contributed by atoms with van der Waals surface area (Å²) < 4.78 is 0. The second kappa shape index (κ2) is 27.7. The van der Waals surface area contributed by atoms with Crippen molar-refractivity contribution in [1.29, 1.82) is 0 Å². The Balaban J connectivity index is 0.000000189. The van der Waals surface area contributed by atoms with Crippen LogP contribution in [0.2, 0.25) is 0 Å². The lowest BCUT2D eigenvalue weighted by atomic mass is 10.1. The lowest BCUT2D eigenvalue weighted by Gasteiger charge is -2.25. The van der Waals surface area contributed by atoms with Crippen molar-refractivity contribution in [1.82, 2.24) is 20.4 Å². The summed E-state index contributed by atoms with van der Waals surface area (Å²) in [4.78, 5) is 26.5. The fourth-order valence-electron chi connectivity index (χ4n) is 5.90. The minimum Gasteiger partial charge on any atom is -0.309 e. The van der Waals surface area contributed by atoms with E-state index in [-0.39, 0.29) is 0 Å². The Labute approximate surface area is 315 Å². The van der Waals surface area contributed by atoms with Crippen LogP contribution in [-0.2, 0) is 35.8 Å². The van der Waals surface area contributed by atoms with E-state index in [1.165, 1.54) is 61.0 Å². The molecule has 2 aliphatic heterocycles. The summed E-state index contributed by atoms with van der Waals surface area (Å²) in [5.74, 6) is 0.885. The third kappa shape index (κ3) is 20.2. The molecule has 2 N–H and O–H groups in total. The summed E-state index contributed by atoms with van der Waals surface area (Å²) in [6.45, 7) is 14.5. The number of nitrogens with one attached hydrogen (secondary N) is 2. The highest BCUT2D eigenvalue weighted by atomic mass is 16.1. The summed E-state index contributed by atoms with van der Waals surface area (Å²) in [6, 6.07) is 41.8. The highest BCUT2D eigenvalue weighted by Crippen LogP contribution is 2.08. The standard InChI is InChI=1S/2C14H15N.2C9H17NO/c2*1-3-7-13(8-4-1)11-15-12-14-9-5-2-6-10-14;2*1-2-3-6-10-7-4-9(11)5-8-10/h2*1-10,15H,11-12H2;2*2-8H2,1H3. The molecule has 52 heavy (non-hydrogen) atoms. The van der Waals surface area contributed by atoms with E-state index in [1.54, 1.807) is 0 Å². The van der Waals surface area contributed by atoms with Gasteiger partial charge in [-0.05, 0) is 48.2 Å². The van der Waals surface area contributed by atoms with E-state index < -0.39 is 0 Å². The van der Waals surface area contributed by atoms with E-state index in [2.05, 4.69) is 131 Å². The molecule has 2 aliphatic rings. The van der Waals surface area contributed by atoms with Crippen LogP contribution in [0.25, 0.3) is 0 Å². The average Bonchev–Trinajstić information content (AvgIpc) is 3.20. The SMILES string of the molecule is CCCCN1CCC(=O)CC1.CCCCN1CCC(=O)CC1.c1ccc(CNCc2ccccc2)cc1.c1ccc(CNCc2ccccc2)cc1. The van der Waals surface area contributed by atoms with Gasteiger partial charge in [0.1, 0.15) is 11.6 Å². The van der Waals surface area contributed by atoms with Gasteiger partial charge in [0.15, 0.2) is 0 Å². The van der Waals surface area contributed by atoms with Gasteiger partial charge < -0.3 is 20.4 Å². The van der Waals surface area contributed by atoms with Crippen LogP contribution in [-0.4, -0.2) is 60.6 Å². The number of ketones is 2. The summed E-state index contributed by atoms with van der Waals surface area (Å²) in [5, 5.41) is 6.84. The third-order valence-corrected chi connectivity index (χ3v) is 9.17. The van der Waals surface area contributed by atoms with Crippen LogP contribution in [0.15, 0.2) is 121 Å². The molecular weight excluding hydrogens is 641 g/mol. The van der Waals surface area contributed by atoms with E-state index in [4.69, 9.17) is 0 Å². The van der Waals surface area contributed by atoms with Gasteiger partial charge in [-0.15, -0.1) is 0 Å². The Kier molecular flexibility index (Phi) is 22.6. The van der Waals surface area contributed by atoms with Gasteiger partial charge in [-0.2, -0.15) is 0 Å². The van der Waals surface area contributed by atoms with Crippen LogP contribution >= 0.6 is 0 Å². The number of benzene rings is 4. The Hall–Kier alpha value is -3.94. The molecule has 2 heterocycles.